The molecular weight excluding hydrogens is 279 g/mol. The molecule has 0 amide bonds. The van der Waals surface area contributed by atoms with Gasteiger partial charge in [0.25, 0.3) is 0 Å². The van der Waals surface area contributed by atoms with E-state index in [-0.39, 0.29) is 14.0 Å². The minimum Gasteiger partial charge on any atom is -0.507 e. The molecule has 1 N–H and O–H groups in total. The fraction of sp³-hybridized carbons (Fsp3) is 0.278. The summed E-state index contributed by atoms with van der Waals surface area (Å²) in [6, 6.07) is 11.6. The third-order valence-electron chi connectivity index (χ3n) is 3.52. The van der Waals surface area contributed by atoms with Crippen molar-refractivity contribution < 1.29 is 9.90 Å². The minimum absolute atomic E-state index is 0.0296. The Hall–Kier alpha value is -1.66. The van der Waals surface area contributed by atoms with Gasteiger partial charge in [0.05, 0.1) is 0 Å². The van der Waals surface area contributed by atoms with Crippen LogP contribution < -0.4 is 10.6 Å². The van der Waals surface area contributed by atoms with E-state index in [1.165, 1.54) is 5.56 Å². The van der Waals surface area contributed by atoms with E-state index in [0.717, 1.165) is 22.5 Å². The number of carbonyl (C=O) groups is 1. The summed E-state index contributed by atoms with van der Waals surface area (Å²) in [4.78, 5) is 11.1. The van der Waals surface area contributed by atoms with Gasteiger partial charge in [0, 0.05) is 10.9 Å². The van der Waals surface area contributed by atoms with Crippen molar-refractivity contribution in [3.05, 3.63) is 53.1 Å². The fourth-order valence-electron chi connectivity index (χ4n) is 2.17. The van der Waals surface area contributed by atoms with Gasteiger partial charge >= 0.3 is 0 Å². The zero-order valence-corrected chi connectivity index (χ0v) is 13.9. The fourth-order valence-corrected chi connectivity index (χ4v) is 3.47. The van der Waals surface area contributed by atoms with Gasteiger partial charge < -0.3 is 5.11 Å². The normalized spacial score (nSPS) is 12.0. The zero-order valence-electron chi connectivity index (χ0n) is 12.9. The van der Waals surface area contributed by atoms with Crippen molar-refractivity contribution in [2.24, 2.45) is 0 Å². The molecule has 3 heteroatoms. The van der Waals surface area contributed by atoms with Crippen LogP contribution in [0.1, 0.15) is 42.3 Å². The number of benzene rings is 2. The van der Waals surface area contributed by atoms with Crippen LogP contribution in [-0.4, -0.2) is 11.4 Å². The van der Waals surface area contributed by atoms with E-state index in [1.54, 1.807) is 0 Å². The third-order valence-corrected chi connectivity index (χ3v) is 4.90. The topological polar surface area (TPSA) is 37.3 Å². The quantitative estimate of drug-likeness (QED) is 0.696. The molecule has 0 saturated heterocycles. The number of hydrogen-bond donors (Lipinski definition) is 1. The molecule has 0 aliphatic rings. The molecule has 0 spiro atoms. The summed E-state index contributed by atoms with van der Waals surface area (Å²) in [7, 11) is 0.272. The molecule has 2 aromatic rings. The summed E-state index contributed by atoms with van der Waals surface area (Å²) in [5.41, 5.74) is 2.80. The van der Waals surface area contributed by atoms with Gasteiger partial charge in [-0.3, -0.25) is 4.79 Å². The van der Waals surface area contributed by atoms with E-state index in [4.69, 9.17) is 0 Å². The second-order valence-electron chi connectivity index (χ2n) is 6.27. The van der Waals surface area contributed by atoms with Gasteiger partial charge in [-0.15, -0.1) is 0 Å². The molecule has 0 saturated carbocycles. The lowest BCUT2D eigenvalue weighted by atomic mass is 9.86. The number of hydrogen-bond acceptors (Lipinski definition) is 2. The first-order chi connectivity index (χ1) is 9.82. The van der Waals surface area contributed by atoms with E-state index < -0.39 is 0 Å². The Balaban J connectivity index is 2.49. The van der Waals surface area contributed by atoms with E-state index in [2.05, 4.69) is 26.8 Å². The van der Waals surface area contributed by atoms with Crippen molar-refractivity contribution >= 4 is 25.5 Å². The minimum atomic E-state index is 0.0296. The molecule has 21 heavy (non-hydrogen) atoms. The van der Waals surface area contributed by atoms with Gasteiger partial charge in [-0.2, -0.15) is 0 Å². The zero-order chi connectivity index (χ0) is 15.6. The highest BCUT2D eigenvalue weighted by Gasteiger charge is 2.18. The highest BCUT2D eigenvalue weighted by atomic mass is 31.1. The maximum absolute atomic E-state index is 11.1. The standard InChI is InChI=1S/C18H21O2P/c1-12-9-14(18(2,3)4)10-16(17(12)20)21-15-8-6-5-7-13(15)11-19/h5-11,20-21H,1-4H3. The number of rotatable bonds is 3. The van der Waals surface area contributed by atoms with Crippen LogP contribution in [-0.2, 0) is 5.41 Å². The lowest BCUT2D eigenvalue weighted by Crippen LogP contribution is -2.16. The summed E-state index contributed by atoms with van der Waals surface area (Å²) in [6.07, 6.45) is 0.875. The number of phenolic OH excluding ortho intramolecular Hbond substituents is 1. The molecule has 1 atom stereocenters. The Morgan fingerprint density at radius 1 is 1.10 bits per heavy atom. The first-order valence-corrected chi connectivity index (χ1v) is 7.98. The van der Waals surface area contributed by atoms with Gasteiger partial charge in [0.15, 0.2) is 6.29 Å². The Labute approximate surface area is 128 Å². The molecule has 0 aliphatic carbocycles. The van der Waals surface area contributed by atoms with E-state index in [1.807, 2.05) is 37.3 Å². The van der Waals surface area contributed by atoms with E-state index in [9.17, 15) is 9.90 Å². The summed E-state index contributed by atoms with van der Waals surface area (Å²) in [5.74, 6) is 0.335. The Morgan fingerprint density at radius 2 is 1.76 bits per heavy atom. The van der Waals surface area contributed by atoms with Gasteiger partial charge in [0.1, 0.15) is 5.75 Å². The summed E-state index contributed by atoms with van der Waals surface area (Å²) in [5, 5.41) is 12.2. The Kier molecular flexibility index (Phi) is 4.49. The average molecular weight is 300 g/mol. The number of aldehydes is 1. The number of aryl methyl sites for hydroxylation is 1. The van der Waals surface area contributed by atoms with Crippen molar-refractivity contribution in [2.45, 2.75) is 33.1 Å². The third kappa shape index (κ3) is 3.51. The average Bonchev–Trinajstić information content (AvgIpc) is 2.43. The van der Waals surface area contributed by atoms with E-state index >= 15 is 0 Å². The maximum Gasteiger partial charge on any atom is 0.150 e. The molecule has 0 fully saturated rings. The molecular formula is C18H21O2P. The second-order valence-corrected chi connectivity index (χ2v) is 7.60. The van der Waals surface area contributed by atoms with Crippen molar-refractivity contribution in [3.63, 3.8) is 0 Å². The first-order valence-electron chi connectivity index (χ1n) is 6.98. The molecule has 2 nitrogen and oxygen atoms in total. The summed E-state index contributed by atoms with van der Waals surface area (Å²) in [6.45, 7) is 8.39. The van der Waals surface area contributed by atoms with Crippen molar-refractivity contribution in [2.75, 3.05) is 0 Å². The SMILES string of the molecule is Cc1cc(C(C)(C)C)cc(Pc2ccccc2C=O)c1O. The van der Waals surface area contributed by atoms with Crippen molar-refractivity contribution in [1.29, 1.82) is 0 Å². The molecule has 0 bridgehead atoms. The largest absolute Gasteiger partial charge is 0.507 e. The van der Waals surface area contributed by atoms with Crippen LogP contribution in [0.15, 0.2) is 36.4 Å². The summed E-state index contributed by atoms with van der Waals surface area (Å²) < 4.78 is 0. The first kappa shape index (κ1) is 15.7. The number of aromatic hydroxyl groups is 1. The lowest BCUT2D eigenvalue weighted by Gasteiger charge is -2.22. The van der Waals surface area contributed by atoms with Gasteiger partial charge in [-0.25, -0.2) is 0 Å². The van der Waals surface area contributed by atoms with Crippen LogP contribution in [0.3, 0.4) is 0 Å². The smallest absolute Gasteiger partial charge is 0.150 e. The molecule has 0 heterocycles. The van der Waals surface area contributed by atoms with Crippen LogP contribution in [0.4, 0.5) is 0 Å². The van der Waals surface area contributed by atoms with Gasteiger partial charge in [-0.05, 0) is 34.8 Å². The molecule has 0 aromatic heterocycles. The summed E-state index contributed by atoms with van der Waals surface area (Å²) >= 11 is 0. The highest BCUT2D eigenvalue weighted by Crippen LogP contribution is 2.29. The maximum atomic E-state index is 11.1. The van der Waals surface area contributed by atoms with E-state index in [0.29, 0.717) is 11.3 Å². The molecule has 0 radical (unpaired) electrons. The van der Waals surface area contributed by atoms with Crippen LogP contribution in [0.5, 0.6) is 5.75 Å². The predicted molar refractivity (Wildman–Crippen MR) is 91.0 cm³/mol. The van der Waals surface area contributed by atoms with Gasteiger partial charge in [-0.1, -0.05) is 59.7 Å². The van der Waals surface area contributed by atoms with Crippen molar-refractivity contribution in [1.82, 2.24) is 0 Å². The Bertz CT molecular complexity index is 669. The Morgan fingerprint density at radius 3 is 2.38 bits per heavy atom. The van der Waals surface area contributed by atoms with Crippen LogP contribution in [0.25, 0.3) is 0 Å². The number of carbonyl (C=O) groups excluding carboxylic acids is 1. The van der Waals surface area contributed by atoms with Crippen LogP contribution in [0.2, 0.25) is 0 Å². The van der Waals surface area contributed by atoms with Crippen LogP contribution in [0, 0.1) is 6.92 Å². The van der Waals surface area contributed by atoms with Gasteiger partial charge in [0.2, 0.25) is 0 Å². The molecule has 2 rings (SSSR count). The highest BCUT2D eigenvalue weighted by molar-refractivity contribution is 7.56. The van der Waals surface area contributed by atoms with Crippen molar-refractivity contribution in [3.8, 4) is 5.75 Å². The van der Waals surface area contributed by atoms with Crippen LogP contribution >= 0.6 is 8.58 Å². The molecule has 1 unspecified atom stereocenters. The number of phenols is 1. The monoisotopic (exact) mass is 300 g/mol. The molecule has 110 valence electrons. The molecule has 2 aromatic carbocycles. The predicted octanol–water partition coefficient (Wildman–Crippen LogP) is 3.44. The molecule has 0 aliphatic heterocycles. The second kappa shape index (κ2) is 5.99. The lowest BCUT2D eigenvalue weighted by molar-refractivity contribution is 0.112.